The molecule has 0 unspecified atom stereocenters. The average molecular weight is 401 g/mol. The molecule has 7 nitrogen and oxygen atoms in total. The maximum atomic E-state index is 13.2. The molecule has 1 atom stereocenters. The summed E-state index contributed by atoms with van der Waals surface area (Å²) >= 11 is 0. The predicted octanol–water partition coefficient (Wildman–Crippen LogP) is 2.92. The van der Waals surface area contributed by atoms with E-state index in [1.807, 2.05) is 48.5 Å². The fourth-order valence-corrected chi connectivity index (χ4v) is 3.91. The number of primary amides is 1. The number of carbonyl (C=O) groups excluding carboxylic acids is 2. The van der Waals surface area contributed by atoms with Crippen LogP contribution in [0.2, 0.25) is 0 Å². The van der Waals surface area contributed by atoms with Crippen LogP contribution < -0.4 is 11.1 Å². The lowest BCUT2D eigenvalue weighted by molar-refractivity contribution is -0.384. The molecule has 7 heteroatoms. The van der Waals surface area contributed by atoms with Crippen molar-refractivity contribution in [2.75, 3.05) is 0 Å². The van der Waals surface area contributed by atoms with Crippen molar-refractivity contribution in [1.29, 1.82) is 0 Å². The van der Waals surface area contributed by atoms with Crippen LogP contribution >= 0.6 is 0 Å². The van der Waals surface area contributed by atoms with Crippen LogP contribution in [0, 0.1) is 10.1 Å². The summed E-state index contributed by atoms with van der Waals surface area (Å²) in [5, 5.41) is 13.6. The zero-order valence-corrected chi connectivity index (χ0v) is 15.9. The summed E-state index contributed by atoms with van der Waals surface area (Å²) in [6, 6.07) is 20.3. The summed E-state index contributed by atoms with van der Waals surface area (Å²) in [4.78, 5) is 35.5. The number of hydrogen-bond acceptors (Lipinski definition) is 4. The molecule has 30 heavy (non-hydrogen) atoms. The van der Waals surface area contributed by atoms with Crippen LogP contribution in [0.1, 0.15) is 22.6 Å². The highest BCUT2D eigenvalue weighted by molar-refractivity contribution is 5.98. The van der Waals surface area contributed by atoms with Gasteiger partial charge in [0.1, 0.15) is 6.04 Å². The Kier molecular flexibility index (Phi) is 5.02. The first kappa shape index (κ1) is 19.3. The maximum absolute atomic E-state index is 13.2. The molecule has 0 saturated carbocycles. The predicted molar refractivity (Wildman–Crippen MR) is 112 cm³/mol. The van der Waals surface area contributed by atoms with Gasteiger partial charge in [-0.25, -0.2) is 0 Å². The van der Waals surface area contributed by atoms with E-state index < -0.39 is 22.8 Å². The topological polar surface area (TPSA) is 115 Å². The number of amides is 2. The Labute approximate surface area is 172 Å². The first-order valence-electron chi connectivity index (χ1n) is 9.47. The summed E-state index contributed by atoms with van der Waals surface area (Å²) in [6.07, 6.45) is 0.148. The van der Waals surface area contributed by atoms with E-state index in [4.69, 9.17) is 5.73 Å². The molecule has 3 aromatic rings. The molecule has 0 aliphatic heterocycles. The number of rotatable bonds is 6. The van der Waals surface area contributed by atoms with E-state index in [0.717, 1.165) is 22.3 Å². The molecular weight excluding hydrogens is 382 g/mol. The van der Waals surface area contributed by atoms with Gasteiger partial charge >= 0.3 is 0 Å². The third-order valence-electron chi connectivity index (χ3n) is 5.34. The van der Waals surface area contributed by atoms with Crippen molar-refractivity contribution in [3.63, 3.8) is 0 Å². The smallest absolute Gasteiger partial charge is 0.269 e. The minimum atomic E-state index is -0.932. The van der Waals surface area contributed by atoms with E-state index in [2.05, 4.69) is 5.32 Å². The van der Waals surface area contributed by atoms with Crippen LogP contribution in [-0.2, 0) is 16.0 Å². The summed E-state index contributed by atoms with van der Waals surface area (Å²) in [5.41, 5.74) is 9.92. The van der Waals surface area contributed by atoms with Crippen LogP contribution in [0.3, 0.4) is 0 Å². The SMILES string of the molecule is NC(=O)[C@@H](Cc1ccc([N+](=O)[O-])cc1)NC(=O)C1c2ccccc2-c2ccccc21. The Hall–Kier alpha value is -4.00. The molecular formula is C23H19N3O4. The van der Waals surface area contributed by atoms with Crippen molar-refractivity contribution in [3.8, 4) is 11.1 Å². The van der Waals surface area contributed by atoms with Gasteiger partial charge in [0.2, 0.25) is 11.8 Å². The molecule has 0 bridgehead atoms. The quantitative estimate of drug-likeness (QED) is 0.488. The first-order valence-corrected chi connectivity index (χ1v) is 9.47. The number of nitrogens with one attached hydrogen (secondary N) is 1. The van der Waals surface area contributed by atoms with E-state index in [-0.39, 0.29) is 18.0 Å². The van der Waals surface area contributed by atoms with Crippen LogP contribution in [0.5, 0.6) is 0 Å². The molecule has 2 amide bonds. The van der Waals surface area contributed by atoms with Crippen molar-refractivity contribution < 1.29 is 14.5 Å². The third-order valence-corrected chi connectivity index (χ3v) is 5.34. The fourth-order valence-electron chi connectivity index (χ4n) is 3.91. The van der Waals surface area contributed by atoms with E-state index in [9.17, 15) is 19.7 Å². The lowest BCUT2D eigenvalue weighted by Crippen LogP contribution is -2.47. The highest BCUT2D eigenvalue weighted by Crippen LogP contribution is 2.44. The fraction of sp³-hybridized carbons (Fsp3) is 0.130. The third kappa shape index (κ3) is 3.53. The Morgan fingerprint density at radius 3 is 1.97 bits per heavy atom. The molecule has 150 valence electrons. The van der Waals surface area contributed by atoms with Gasteiger partial charge in [-0.2, -0.15) is 0 Å². The second kappa shape index (κ2) is 7.79. The van der Waals surface area contributed by atoms with Crippen LogP contribution in [-0.4, -0.2) is 22.8 Å². The molecule has 3 N–H and O–H groups in total. The molecule has 0 spiro atoms. The van der Waals surface area contributed by atoms with Crippen molar-refractivity contribution in [1.82, 2.24) is 5.32 Å². The van der Waals surface area contributed by atoms with E-state index in [1.165, 1.54) is 12.1 Å². The highest BCUT2D eigenvalue weighted by atomic mass is 16.6. The van der Waals surface area contributed by atoms with Gasteiger partial charge in [0, 0.05) is 18.6 Å². The summed E-state index contributed by atoms with van der Waals surface area (Å²) in [5.74, 6) is -1.50. The number of non-ortho nitro benzene ring substituents is 1. The van der Waals surface area contributed by atoms with E-state index in [0.29, 0.717) is 5.56 Å². The largest absolute Gasteiger partial charge is 0.368 e. The van der Waals surface area contributed by atoms with E-state index >= 15 is 0 Å². The number of hydrogen-bond donors (Lipinski definition) is 2. The Morgan fingerprint density at radius 1 is 0.933 bits per heavy atom. The van der Waals surface area contributed by atoms with Gasteiger partial charge in [-0.05, 0) is 27.8 Å². The molecule has 3 aromatic carbocycles. The monoisotopic (exact) mass is 401 g/mol. The number of carbonyl (C=O) groups is 2. The Bertz CT molecular complexity index is 1100. The molecule has 0 heterocycles. The van der Waals surface area contributed by atoms with Crippen molar-refractivity contribution >= 4 is 17.5 Å². The molecule has 0 fully saturated rings. The van der Waals surface area contributed by atoms with Crippen molar-refractivity contribution in [3.05, 3.63) is 99.6 Å². The zero-order valence-electron chi connectivity index (χ0n) is 15.9. The lowest BCUT2D eigenvalue weighted by Gasteiger charge is -2.20. The van der Waals surface area contributed by atoms with Crippen LogP contribution in [0.25, 0.3) is 11.1 Å². The van der Waals surface area contributed by atoms with Gasteiger partial charge < -0.3 is 11.1 Å². The van der Waals surface area contributed by atoms with Gasteiger partial charge in [0.15, 0.2) is 0 Å². The van der Waals surface area contributed by atoms with Gasteiger partial charge in [-0.1, -0.05) is 60.7 Å². The van der Waals surface area contributed by atoms with E-state index in [1.54, 1.807) is 12.1 Å². The number of nitro benzene ring substituents is 1. The zero-order chi connectivity index (χ0) is 21.3. The number of nitro groups is 1. The second-order valence-electron chi connectivity index (χ2n) is 7.20. The number of fused-ring (bicyclic) bond motifs is 3. The number of nitrogens with zero attached hydrogens (tertiary/aromatic N) is 1. The summed E-state index contributed by atoms with van der Waals surface area (Å²) in [6.45, 7) is 0. The molecule has 0 aromatic heterocycles. The van der Waals surface area contributed by atoms with Crippen molar-refractivity contribution in [2.45, 2.75) is 18.4 Å². The van der Waals surface area contributed by atoms with Crippen LogP contribution in [0.15, 0.2) is 72.8 Å². The Morgan fingerprint density at radius 2 is 1.47 bits per heavy atom. The van der Waals surface area contributed by atoms with Crippen molar-refractivity contribution in [2.24, 2.45) is 5.73 Å². The molecule has 4 rings (SSSR count). The minimum absolute atomic E-state index is 0.0439. The van der Waals surface area contributed by atoms with Crippen LogP contribution in [0.4, 0.5) is 5.69 Å². The molecule has 0 radical (unpaired) electrons. The summed E-state index contributed by atoms with van der Waals surface area (Å²) in [7, 11) is 0. The lowest BCUT2D eigenvalue weighted by atomic mass is 9.95. The Balaban J connectivity index is 1.58. The molecule has 0 saturated heterocycles. The number of nitrogens with two attached hydrogens (primary N) is 1. The summed E-state index contributed by atoms with van der Waals surface area (Å²) < 4.78 is 0. The normalized spacial score (nSPS) is 13.2. The molecule has 1 aliphatic carbocycles. The second-order valence-corrected chi connectivity index (χ2v) is 7.20. The van der Waals surface area contributed by atoms with Gasteiger partial charge in [0.05, 0.1) is 10.8 Å². The van der Waals surface area contributed by atoms with Gasteiger partial charge in [0.25, 0.3) is 5.69 Å². The standard InChI is InChI=1S/C23H19N3O4/c24-22(27)20(13-14-9-11-15(12-10-14)26(29)30)25-23(28)21-18-7-3-1-5-16(18)17-6-2-4-8-19(17)21/h1-12,20-21H,13H2,(H2,24,27)(H,25,28)/t20-/m1/s1. The highest BCUT2D eigenvalue weighted by Gasteiger charge is 2.34. The first-order chi connectivity index (χ1) is 14.5. The average Bonchev–Trinajstić information content (AvgIpc) is 3.08. The maximum Gasteiger partial charge on any atom is 0.269 e. The molecule has 1 aliphatic rings. The minimum Gasteiger partial charge on any atom is -0.368 e. The number of benzene rings is 3. The van der Waals surface area contributed by atoms with Gasteiger partial charge in [-0.3, -0.25) is 19.7 Å². The van der Waals surface area contributed by atoms with Gasteiger partial charge in [-0.15, -0.1) is 0 Å².